The summed E-state index contributed by atoms with van der Waals surface area (Å²) in [5.41, 5.74) is 0.550. The van der Waals surface area contributed by atoms with Crippen LogP contribution in [0, 0.1) is 0 Å². The van der Waals surface area contributed by atoms with Gasteiger partial charge in [-0.05, 0) is 18.6 Å². The number of phenolic OH excluding ortho intramolecular Hbond substituents is 1. The fourth-order valence-corrected chi connectivity index (χ4v) is 4.05. The van der Waals surface area contributed by atoms with Crippen molar-refractivity contribution in [3.05, 3.63) is 24.3 Å². The number of nitrogens with zero attached hydrogens (tertiary/aromatic N) is 1. The van der Waals surface area contributed by atoms with Gasteiger partial charge in [-0.2, -0.15) is 0 Å². The molecule has 19 heavy (non-hydrogen) atoms. The number of rotatable bonds is 3. The monoisotopic (exact) mass is 283 g/mol. The number of sulfone groups is 1. The van der Waals surface area contributed by atoms with Crippen LogP contribution in [0.2, 0.25) is 0 Å². The summed E-state index contributed by atoms with van der Waals surface area (Å²) in [5, 5.41) is 9.51. The Morgan fingerprint density at radius 3 is 2.74 bits per heavy atom. The lowest BCUT2D eigenvalue weighted by Crippen LogP contribution is -2.41. The summed E-state index contributed by atoms with van der Waals surface area (Å²) >= 11 is 0. The molecule has 6 heteroatoms. The van der Waals surface area contributed by atoms with Crippen molar-refractivity contribution < 1.29 is 18.3 Å². The topological polar surface area (TPSA) is 74.7 Å². The third kappa shape index (κ3) is 3.07. The fraction of sp³-hybridized carbons (Fsp3) is 0.462. The second-order valence-electron chi connectivity index (χ2n) is 4.69. The molecule has 5 nitrogen and oxygen atoms in total. The maximum atomic E-state index is 12.1. The average molecular weight is 283 g/mol. The third-order valence-electron chi connectivity index (χ3n) is 3.25. The van der Waals surface area contributed by atoms with Crippen molar-refractivity contribution in [1.29, 1.82) is 0 Å². The second kappa shape index (κ2) is 5.21. The molecule has 1 aliphatic heterocycles. The molecule has 0 unspecified atom stereocenters. The molecule has 1 atom stereocenters. The fourth-order valence-electron chi connectivity index (χ4n) is 2.35. The average Bonchev–Trinajstić information content (AvgIpc) is 2.69. The predicted molar refractivity (Wildman–Crippen MR) is 72.9 cm³/mol. The van der Waals surface area contributed by atoms with Crippen molar-refractivity contribution in [3.8, 4) is 5.75 Å². The molecule has 0 radical (unpaired) electrons. The van der Waals surface area contributed by atoms with Crippen LogP contribution in [0.1, 0.15) is 19.8 Å². The van der Waals surface area contributed by atoms with E-state index >= 15 is 0 Å². The van der Waals surface area contributed by atoms with Gasteiger partial charge in [-0.25, -0.2) is 8.42 Å². The van der Waals surface area contributed by atoms with Crippen LogP contribution < -0.4 is 4.90 Å². The number of benzene rings is 1. The number of phenols is 1. The zero-order chi connectivity index (χ0) is 14.0. The Labute approximate surface area is 112 Å². The second-order valence-corrected chi connectivity index (χ2v) is 6.92. The van der Waals surface area contributed by atoms with Gasteiger partial charge in [-0.1, -0.05) is 13.0 Å². The van der Waals surface area contributed by atoms with Gasteiger partial charge < -0.3 is 10.0 Å². The standard InChI is InChI=1S/C13H17NO4S/c1-2-13(16)14(10-4-3-5-12(15)8-10)11-6-7-19(17,18)9-11/h3-5,8,11,15H,2,6-7,9H2,1H3/t11-/m0/s1. The number of amides is 1. The van der Waals surface area contributed by atoms with E-state index in [-0.39, 0.29) is 29.2 Å². The molecular formula is C13H17NO4S. The van der Waals surface area contributed by atoms with Crippen molar-refractivity contribution in [2.75, 3.05) is 16.4 Å². The van der Waals surface area contributed by atoms with Crippen LogP contribution in [0.15, 0.2) is 24.3 Å². The van der Waals surface area contributed by atoms with Gasteiger partial charge in [0.1, 0.15) is 5.75 Å². The summed E-state index contributed by atoms with van der Waals surface area (Å²) in [6.07, 6.45) is 0.746. The molecule has 1 N–H and O–H groups in total. The summed E-state index contributed by atoms with van der Waals surface area (Å²) in [4.78, 5) is 13.6. The van der Waals surface area contributed by atoms with Gasteiger partial charge in [-0.3, -0.25) is 4.79 Å². The van der Waals surface area contributed by atoms with E-state index in [0.29, 0.717) is 18.5 Å². The van der Waals surface area contributed by atoms with Crippen molar-refractivity contribution in [2.45, 2.75) is 25.8 Å². The van der Waals surface area contributed by atoms with Crippen LogP contribution in [0.5, 0.6) is 5.75 Å². The smallest absolute Gasteiger partial charge is 0.226 e. The van der Waals surface area contributed by atoms with Crippen LogP contribution in [-0.2, 0) is 14.6 Å². The maximum absolute atomic E-state index is 12.1. The Balaban J connectivity index is 2.35. The first-order chi connectivity index (χ1) is 8.93. The van der Waals surface area contributed by atoms with Gasteiger partial charge in [0.15, 0.2) is 9.84 Å². The van der Waals surface area contributed by atoms with Crippen molar-refractivity contribution in [2.24, 2.45) is 0 Å². The van der Waals surface area contributed by atoms with Gasteiger partial charge in [0.05, 0.1) is 17.5 Å². The Morgan fingerprint density at radius 1 is 1.47 bits per heavy atom. The van der Waals surface area contributed by atoms with Crippen LogP contribution >= 0.6 is 0 Å². The molecule has 0 aliphatic carbocycles. The Morgan fingerprint density at radius 2 is 2.21 bits per heavy atom. The Bertz CT molecular complexity index is 582. The predicted octanol–water partition coefficient (Wildman–Crippen LogP) is 1.32. The molecule has 0 spiro atoms. The molecular weight excluding hydrogens is 266 g/mol. The highest BCUT2D eigenvalue weighted by atomic mass is 32.2. The van der Waals surface area contributed by atoms with Gasteiger partial charge in [0.25, 0.3) is 0 Å². The molecule has 1 saturated heterocycles. The van der Waals surface area contributed by atoms with E-state index in [1.807, 2.05) is 0 Å². The lowest BCUT2D eigenvalue weighted by Gasteiger charge is -2.28. The molecule has 0 bridgehead atoms. The quantitative estimate of drug-likeness (QED) is 0.908. The third-order valence-corrected chi connectivity index (χ3v) is 5.00. The highest BCUT2D eigenvalue weighted by Crippen LogP contribution is 2.27. The van der Waals surface area contributed by atoms with Crippen molar-refractivity contribution >= 4 is 21.4 Å². The van der Waals surface area contributed by atoms with E-state index in [9.17, 15) is 18.3 Å². The number of hydrogen-bond acceptors (Lipinski definition) is 4. The number of carbonyl (C=O) groups excluding carboxylic acids is 1. The van der Waals surface area contributed by atoms with Crippen LogP contribution in [-0.4, -0.2) is 37.0 Å². The van der Waals surface area contributed by atoms with E-state index in [1.165, 1.54) is 17.0 Å². The number of hydrogen-bond donors (Lipinski definition) is 1. The molecule has 1 aromatic rings. The van der Waals surface area contributed by atoms with E-state index in [0.717, 1.165) is 0 Å². The Kier molecular flexibility index (Phi) is 3.80. The number of carbonyl (C=O) groups is 1. The minimum atomic E-state index is -3.06. The summed E-state index contributed by atoms with van der Waals surface area (Å²) in [6, 6.07) is 6.02. The van der Waals surface area contributed by atoms with Crippen molar-refractivity contribution in [3.63, 3.8) is 0 Å². The normalized spacial score (nSPS) is 21.2. The van der Waals surface area contributed by atoms with Crippen LogP contribution in [0.25, 0.3) is 0 Å². The molecule has 0 aromatic heterocycles. The molecule has 1 aliphatic rings. The first kappa shape index (κ1) is 13.9. The molecule has 1 fully saturated rings. The highest BCUT2D eigenvalue weighted by Gasteiger charge is 2.35. The molecule has 0 saturated carbocycles. The van der Waals surface area contributed by atoms with Gasteiger partial charge in [-0.15, -0.1) is 0 Å². The SMILES string of the molecule is CCC(=O)N(c1cccc(O)c1)[C@H]1CCS(=O)(=O)C1. The summed E-state index contributed by atoms with van der Waals surface area (Å²) in [6.45, 7) is 1.74. The maximum Gasteiger partial charge on any atom is 0.226 e. The zero-order valence-electron chi connectivity index (χ0n) is 10.7. The van der Waals surface area contributed by atoms with E-state index in [1.54, 1.807) is 19.1 Å². The lowest BCUT2D eigenvalue weighted by atomic mass is 10.1. The van der Waals surface area contributed by atoms with Crippen LogP contribution in [0.4, 0.5) is 5.69 Å². The molecule has 104 valence electrons. The van der Waals surface area contributed by atoms with Crippen molar-refractivity contribution in [1.82, 2.24) is 0 Å². The summed E-state index contributed by atoms with van der Waals surface area (Å²) < 4.78 is 23.1. The first-order valence-electron chi connectivity index (χ1n) is 6.24. The highest BCUT2D eigenvalue weighted by molar-refractivity contribution is 7.91. The molecule has 1 aromatic carbocycles. The van der Waals surface area contributed by atoms with Gasteiger partial charge >= 0.3 is 0 Å². The van der Waals surface area contributed by atoms with Gasteiger partial charge in [0, 0.05) is 18.2 Å². The van der Waals surface area contributed by atoms with E-state index in [2.05, 4.69) is 0 Å². The largest absolute Gasteiger partial charge is 0.508 e. The Hall–Kier alpha value is -1.56. The summed E-state index contributed by atoms with van der Waals surface area (Å²) in [5.74, 6) is 0.0400. The van der Waals surface area contributed by atoms with Crippen LogP contribution in [0.3, 0.4) is 0 Å². The minimum absolute atomic E-state index is 0.00556. The number of anilines is 1. The van der Waals surface area contributed by atoms with E-state index in [4.69, 9.17) is 0 Å². The van der Waals surface area contributed by atoms with E-state index < -0.39 is 9.84 Å². The summed E-state index contributed by atoms with van der Waals surface area (Å²) in [7, 11) is -3.06. The molecule has 1 amide bonds. The lowest BCUT2D eigenvalue weighted by molar-refractivity contribution is -0.118. The first-order valence-corrected chi connectivity index (χ1v) is 8.06. The minimum Gasteiger partial charge on any atom is -0.508 e. The van der Waals surface area contributed by atoms with Gasteiger partial charge in [0.2, 0.25) is 5.91 Å². The molecule has 1 heterocycles. The zero-order valence-corrected chi connectivity index (χ0v) is 11.6. The molecule has 2 rings (SSSR count). The number of aromatic hydroxyl groups is 1.